The van der Waals surface area contributed by atoms with E-state index in [4.69, 9.17) is 5.11 Å². The van der Waals surface area contributed by atoms with Crippen LogP contribution in [0.2, 0.25) is 0 Å². The zero-order valence-electron chi connectivity index (χ0n) is 20.0. The van der Waals surface area contributed by atoms with Gasteiger partial charge in [0.05, 0.1) is 0 Å². The maximum atomic E-state index is 14.0. The van der Waals surface area contributed by atoms with E-state index in [0.29, 0.717) is 40.8 Å². The lowest BCUT2D eigenvalue weighted by molar-refractivity contribution is -0.170. The highest BCUT2D eigenvalue weighted by atomic mass is 16.4. The molecule has 0 bridgehead atoms. The van der Waals surface area contributed by atoms with E-state index in [1.54, 1.807) is 0 Å². The fourth-order valence-electron chi connectivity index (χ4n) is 9.38. The first-order chi connectivity index (χ1) is 14.1. The van der Waals surface area contributed by atoms with E-state index in [1.807, 2.05) is 0 Å². The normalized spacial score (nSPS) is 49.1. The molecule has 4 aliphatic rings. The van der Waals surface area contributed by atoms with Gasteiger partial charge in [0, 0.05) is 18.3 Å². The molecule has 4 unspecified atom stereocenters. The van der Waals surface area contributed by atoms with Gasteiger partial charge >= 0.3 is 5.97 Å². The van der Waals surface area contributed by atoms with Crippen LogP contribution in [0.25, 0.3) is 0 Å². The fraction of sp³-hybridized carbons (Fsp3) is 0.926. The van der Waals surface area contributed by atoms with Gasteiger partial charge < -0.3 is 5.11 Å². The Hall–Kier alpha value is -0.860. The molecule has 3 heteroatoms. The Bertz CT molecular complexity index is 686. The second-order valence-electron chi connectivity index (χ2n) is 12.3. The molecule has 4 saturated carbocycles. The SMILES string of the molecule is CC[C@H]1C(=O)C2C3CCC([C@H](C)CCC(=O)O)[C@@]3(C)CCC2[C@@]2(C)CC[C@@H](C)C[C@@H]12. The zero-order chi connectivity index (χ0) is 21.8. The summed E-state index contributed by atoms with van der Waals surface area (Å²) in [5, 5.41) is 9.16. The number of hydrogen-bond donors (Lipinski definition) is 1. The van der Waals surface area contributed by atoms with Gasteiger partial charge in [0.2, 0.25) is 0 Å². The maximum absolute atomic E-state index is 14.0. The summed E-state index contributed by atoms with van der Waals surface area (Å²) in [6, 6.07) is 0. The van der Waals surface area contributed by atoms with Crippen LogP contribution in [0.4, 0.5) is 0 Å². The number of ketones is 1. The third-order valence-corrected chi connectivity index (χ3v) is 11.0. The van der Waals surface area contributed by atoms with Gasteiger partial charge in [-0.2, -0.15) is 0 Å². The summed E-state index contributed by atoms with van der Waals surface area (Å²) >= 11 is 0. The van der Waals surface area contributed by atoms with Gasteiger partial charge in [-0.1, -0.05) is 41.0 Å². The molecule has 0 aromatic heterocycles. The lowest BCUT2D eigenvalue weighted by Crippen LogP contribution is -2.60. The quantitative estimate of drug-likeness (QED) is 0.549. The van der Waals surface area contributed by atoms with E-state index in [9.17, 15) is 9.59 Å². The monoisotopic (exact) mass is 416 g/mol. The van der Waals surface area contributed by atoms with E-state index in [0.717, 1.165) is 18.8 Å². The van der Waals surface area contributed by atoms with Crippen molar-refractivity contribution >= 4 is 11.8 Å². The number of Topliss-reactive ketones (excluding diaryl/α,β-unsaturated/α-hetero) is 1. The molecule has 0 spiro atoms. The Labute approximate surface area is 183 Å². The summed E-state index contributed by atoms with van der Waals surface area (Å²) in [7, 11) is 0. The van der Waals surface area contributed by atoms with Gasteiger partial charge in [-0.15, -0.1) is 0 Å². The first-order valence-electron chi connectivity index (χ1n) is 12.9. The molecule has 30 heavy (non-hydrogen) atoms. The molecule has 1 N–H and O–H groups in total. The Balaban J connectivity index is 1.62. The third-order valence-electron chi connectivity index (χ3n) is 11.0. The van der Waals surface area contributed by atoms with Gasteiger partial charge in [0.25, 0.3) is 0 Å². The number of carbonyl (C=O) groups excluding carboxylic acids is 1. The smallest absolute Gasteiger partial charge is 0.303 e. The molecule has 4 fully saturated rings. The molecule has 4 aliphatic carbocycles. The van der Waals surface area contributed by atoms with Gasteiger partial charge in [0.15, 0.2) is 0 Å². The average molecular weight is 417 g/mol. The van der Waals surface area contributed by atoms with Crippen molar-refractivity contribution in [1.82, 2.24) is 0 Å². The van der Waals surface area contributed by atoms with Crippen LogP contribution < -0.4 is 0 Å². The molecule has 0 aromatic carbocycles. The van der Waals surface area contributed by atoms with Crippen molar-refractivity contribution in [3.8, 4) is 0 Å². The minimum absolute atomic E-state index is 0.220. The molecule has 0 aromatic rings. The molecule has 0 heterocycles. The number of carboxylic acid groups (broad SMARTS) is 1. The fourth-order valence-corrected chi connectivity index (χ4v) is 9.38. The Morgan fingerprint density at radius 1 is 1.07 bits per heavy atom. The van der Waals surface area contributed by atoms with E-state index in [-0.39, 0.29) is 23.7 Å². The summed E-state index contributed by atoms with van der Waals surface area (Å²) in [6.45, 7) is 11.9. The Kier molecular flexibility index (Phi) is 5.90. The highest BCUT2D eigenvalue weighted by molar-refractivity contribution is 5.86. The summed E-state index contributed by atoms with van der Waals surface area (Å²) in [5.41, 5.74) is 0.568. The Morgan fingerprint density at radius 3 is 2.40 bits per heavy atom. The van der Waals surface area contributed by atoms with Gasteiger partial charge in [-0.3, -0.25) is 9.59 Å². The second kappa shape index (κ2) is 7.93. The second-order valence-corrected chi connectivity index (χ2v) is 12.3. The number of carboxylic acids is 1. The molecule has 10 atom stereocenters. The third kappa shape index (κ3) is 3.28. The van der Waals surface area contributed by atoms with Crippen molar-refractivity contribution in [2.45, 2.75) is 98.8 Å². The van der Waals surface area contributed by atoms with Crippen molar-refractivity contribution in [2.75, 3.05) is 0 Å². The summed E-state index contributed by atoms with van der Waals surface area (Å²) in [6.07, 6.45) is 10.8. The minimum Gasteiger partial charge on any atom is -0.481 e. The topological polar surface area (TPSA) is 54.4 Å². The largest absolute Gasteiger partial charge is 0.481 e. The van der Waals surface area contributed by atoms with E-state index >= 15 is 0 Å². The molecule has 0 radical (unpaired) electrons. The van der Waals surface area contributed by atoms with E-state index < -0.39 is 5.97 Å². The van der Waals surface area contributed by atoms with Crippen molar-refractivity contribution < 1.29 is 14.7 Å². The van der Waals surface area contributed by atoms with Crippen LogP contribution in [0.15, 0.2) is 0 Å². The van der Waals surface area contributed by atoms with Crippen LogP contribution in [-0.2, 0) is 9.59 Å². The summed E-state index contributed by atoms with van der Waals surface area (Å²) in [4.78, 5) is 25.1. The number of carbonyl (C=O) groups is 2. The lowest BCUT2D eigenvalue weighted by Gasteiger charge is -2.62. The van der Waals surface area contributed by atoms with Crippen molar-refractivity contribution in [1.29, 1.82) is 0 Å². The molecule has 170 valence electrons. The van der Waals surface area contributed by atoms with Crippen molar-refractivity contribution in [3.63, 3.8) is 0 Å². The highest BCUT2D eigenvalue weighted by Gasteiger charge is 2.64. The number of aliphatic carboxylic acids is 1. The van der Waals surface area contributed by atoms with Crippen LogP contribution in [0.3, 0.4) is 0 Å². The standard InChI is InChI=1S/C27H44O3/c1-6-18-22-15-16(2)11-13-27(22,5)21-12-14-26(4)19(17(3)7-10-23(28)29)8-9-20(26)24(21)25(18)30/h16-22,24H,6-15H2,1-5H3,(H,28,29)/t16-,17-,18-,19?,20?,21?,22+,24?,26-,27-/m1/s1. The maximum Gasteiger partial charge on any atom is 0.303 e. The van der Waals surface area contributed by atoms with Crippen LogP contribution in [0.5, 0.6) is 0 Å². The first-order valence-corrected chi connectivity index (χ1v) is 12.9. The summed E-state index contributed by atoms with van der Waals surface area (Å²) < 4.78 is 0. The molecule has 4 rings (SSSR count). The summed E-state index contributed by atoms with van der Waals surface area (Å²) in [5.74, 6) is 3.95. The molecule has 0 aliphatic heterocycles. The molecule has 0 saturated heterocycles. The van der Waals surface area contributed by atoms with Crippen LogP contribution >= 0.6 is 0 Å². The number of fused-ring (bicyclic) bond motifs is 5. The molecular weight excluding hydrogens is 372 g/mol. The van der Waals surface area contributed by atoms with Gasteiger partial charge in [-0.05, 0) is 97.7 Å². The molecule has 3 nitrogen and oxygen atoms in total. The highest BCUT2D eigenvalue weighted by Crippen LogP contribution is 2.69. The number of rotatable bonds is 5. The molecule has 0 amide bonds. The van der Waals surface area contributed by atoms with Crippen LogP contribution in [0, 0.1) is 58.2 Å². The lowest BCUT2D eigenvalue weighted by atomic mass is 9.41. The minimum atomic E-state index is -0.677. The van der Waals surface area contributed by atoms with E-state index in [1.165, 1.54) is 44.9 Å². The van der Waals surface area contributed by atoms with Gasteiger partial charge in [0.1, 0.15) is 5.78 Å². The Morgan fingerprint density at radius 2 is 1.73 bits per heavy atom. The van der Waals surface area contributed by atoms with Gasteiger partial charge in [-0.25, -0.2) is 0 Å². The van der Waals surface area contributed by atoms with Crippen molar-refractivity contribution in [3.05, 3.63) is 0 Å². The zero-order valence-corrected chi connectivity index (χ0v) is 20.0. The average Bonchev–Trinajstić information content (AvgIpc) is 3.05. The van der Waals surface area contributed by atoms with Crippen LogP contribution in [-0.4, -0.2) is 16.9 Å². The first kappa shape index (κ1) is 22.3. The van der Waals surface area contributed by atoms with Crippen LogP contribution in [0.1, 0.15) is 98.8 Å². The molecular formula is C27H44O3. The predicted octanol–water partition coefficient (Wildman–Crippen LogP) is 6.60. The number of hydrogen-bond acceptors (Lipinski definition) is 2. The van der Waals surface area contributed by atoms with E-state index in [2.05, 4.69) is 34.6 Å². The van der Waals surface area contributed by atoms with Crippen molar-refractivity contribution in [2.24, 2.45) is 58.2 Å². The predicted molar refractivity (Wildman–Crippen MR) is 120 cm³/mol.